The normalized spacial score (nSPS) is 16.0. The average Bonchev–Trinajstić information content (AvgIpc) is 2.70. The lowest BCUT2D eigenvalue weighted by atomic mass is 10.0. The fourth-order valence-electron chi connectivity index (χ4n) is 3.78. The second-order valence-electron chi connectivity index (χ2n) is 7.25. The zero-order valence-electron chi connectivity index (χ0n) is 15.7. The molecule has 0 atom stereocenters. The topological polar surface area (TPSA) is 40.3 Å². The first-order valence-electron chi connectivity index (χ1n) is 9.59. The molecule has 4 heteroatoms. The van der Waals surface area contributed by atoms with Crippen LogP contribution in [0.2, 0.25) is 0 Å². The summed E-state index contributed by atoms with van der Waals surface area (Å²) in [5.74, 6) is 0.289. The minimum atomic E-state index is 0.289. The van der Waals surface area contributed by atoms with Gasteiger partial charge in [0, 0.05) is 5.56 Å². The Balaban J connectivity index is 1.39. The third-order valence-electron chi connectivity index (χ3n) is 5.34. The summed E-state index contributed by atoms with van der Waals surface area (Å²) in [6.07, 6.45) is 0. The van der Waals surface area contributed by atoms with Gasteiger partial charge in [0.05, 0.1) is 31.9 Å². The molecule has 0 unspecified atom stereocenters. The second kappa shape index (κ2) is 7.80. The van der Waals surface area contributed by atoms with Crippen molar-refractivity contribution in [3.8, 4) is 5.75 Å². The molecule has 0 aliphatic carbocycles. The molecule has 0 aromatic heterocycles. The minimum absolute atomic E-state index is 0.289. The molecule has 0 saturated carbocycles. The highest BCUT2D eigenvalue weighted by Crippen LogP contribution is 2.17. The summed E-state index contributed by atoms with van der Waals surface area (Å²) in [6.45, 7) is 7.22. The van der Waals surface area contributed by atoms with Crippen molar-refractivity contribution in [2.75, 3.05) is 26.2 Å². The number of benzene rings is 3. The van der Waals surface area contributed by atoms with Crippen molar-refractivity contribution in [2.45, 2.75) is 13.5 Å². The smallest absolute Gasteiger partial charge is 0.115 e. The van der Waals surface area contributed by atoms with Gasteiger partial charge < -0.3 is 10.0 Å². The lowest BCUT2D eigenvalue weighted by molar-refractivity contribution is -0.918. The Hall–Kier alpha value is -2.85. The number of hydrogen-bond acceptors (Lipinski definition) is 3. The van der Waals surface area contributed by atoms with Crippen LogP contribution in [0.15, 0.2) is 71.8 Å². The Morgan fingerprint density at radius 1 is 0.963 bits per heavy atom. The lowest BCUT2D eigenvalue weighted by Gasteiger charge is -2.31. The summed E-state index contributed by atoms with van der Waals surface area (Å²) < 4.78 is 0. The summed E-state index contributed by atoms with van der Waals surface area (Å²) in [5.41, 5.74) is 3.48. The van der Waals surface area contributed by atoms with E-state index in [0.717, 1.165) is 44.0 Å². The number of fused-ring (bicyclic) bond motifs is 1. The van der Waals surface area contributed by atoms with Crippen LogP contribution in [0.5, 0.6) is 5.75 Å². The maximum atomic E-state index is 9.42. The van der Waals surface area contributed by atoms with Crippen LogP contribution >= 0.6 is 0 Å². The van der Waals surface area contributed by atoms with Crippen molar-refractivity contribution in [2.24, 2.45) is 5.10 Å². The summed E-state index contributed by atoms with van der Waals surface area (Å²) >= 11 is 0. The lowest BCUT2D eigenvalue weighted by Crippen LogP contribution is -3.13. The highest BCUT2D eigenvalue weighted by atomic mass is 16.3. The van der Waals surface area contributed by atoms with E-state index in [4.69, 9.17) is 5.10 Å². The van der Waals surface area contributed by atoms with E-state index in [-0.39, 0.29) is 5.75 Å². The van der Waals surface area contributed by atoms with Crippen LogP contribution in [-0.2, 0) is 6.54 Å². The number of aromatic hydroxyl groups is 1. The standard InChI is InChI=1S/C23H25N3O/c1-18(19-9-11-22(27)12-10-19)24-26-15-13-25(14-16-26)17-21-7-4-6-20-5-2-3-8-23(20)21/h2-12,27H,13-17H2,1H3/p+1/b24-18+. The molecular weight excluding hydrogens is 334 g/mol. The van der Waals surface area contributed by atoms with Gasteiger partial charge >= 0.3 is 0 Å². The van der Waals surface area contributed by atoms with Crippen molar-refractivity contribution >= 4 is 16.5 Å². The maximum Gasteiger partial charge on any atom is 0.115 e. The van der Waals surface area contributed by atoms with Crippen molar-refractivity contribution in [1.82, 2.24) is 5.01 Å². The van der Waals surface area contributed by atoms with Crippen molar-refractivity contribution in [3.63, 3.8) is 0 Å². The summed E-state index contributed by atoms with van der Waals surface area (Å²) in [7, 11) is 0. The number of phenols is 1. The molecule has 4 rings (SSSR count). The maximum absolute atomic E-state index is 9.42. The van der Waals surface area contributed by atoms with Crippen LogP contribution in [0.4, 0.5) is 0 Å². The van der Waals surface area contributed by atoms with Gasteiger partial charge in [-0.15, -0.1) is 0 Å². The molecule has 1 aliphatic heterocycles. The van der Waals surface area contributed by atoms with Gasteiger partial charge in [-0.1, -0.05) is 42.5 Å². The van der Waals surface area contributed by atoms with E-state index < -0.39 is 0 Å². The number of piperazine rings is 1. The molecule has 27 heavy (non-hydrogen) atoms. The molecule has 0 amide bonds. The van der Waals surface area contributed by atoms with Crippen LogP contribution in [0, 0.1) is 0 Å². The molecule has 3 aromatic rings. The van der Waals surface area contributed by atoms with Crippen molar-refractivity contribution < 1.29 is 10.0 Å². The molecule has 4 nitrogen and oxygen atoms in total. The molecule has 1 aliphatic rings. The van der Waals surface area contributed by atoms with Crippen molar-refractivity contribution in [3.05, 3.63) is 77.9 Å². The van der Waals surface area contributed by atoms with Gasteiger partial charge in [-0.2, -0.15) is 5.10 Å². The molecular formula is C23H26N3O+. The van der Waals surface area contributed by atoms with E-state index in [1.165, 1.54) is 16.3 Å². The quantitative estimate of drug-likeness (QED) is 0.703. The van der Waals surface area contributed by atoms with Gasteiger partial charge in [0.25, 0.3) is 0 Å². The predicted molar refractivity (Wildman–Crippen MR) is 110 cm³/mol. The number of rotatable bonds is 4. The Morgan fingerprint density at radius 3 is 2.44 bits per heavy atom. The first-order chi connectivity index (χ1) is 13.2. The molecule has 138 valence electrons. The summed E-state index contributed by atoms with van der Waals surface area (Å²) in [5, 5.41) is 19.1. The number of nitrogens with one attached hydrogen (secondary N) is 1. The van der Waals surface area contributed by atoms with Crippen LogP contribution in [0.3, 0.4) is 0 Å². The Morgan fingerprint density at radius 2 is 1.67 bits per heavy atom. The number of hydrazone groups is 1. The van der Waals surface area contributed by atoms with E-state index >= 15 is 0 Å². The first kappa shape index (κ1) is 17.6. The van der Waals surface area contributed by atoms with Crippen LogP contribution in [-0.4, -0.2) is 42.0 Å². The van der Waals surface area contributed by atoms with Gasteiger partial charge in [-0.05, 0) is 47.5 Å². The van der Waals surface area contributed by atoms with Crippen LogP contribution in [0.1, 0.15) is 18.1 Å². The van der Waals surface area contributed by atoms with Gasteiger partial charge in [0.2, 0.25) is 0 Å². The SMILES string of the molecule is C/C(=N\N1CC[NH+](Cc2cccc3ccccc23)CC1)c1ccc(O)cc1. The third-order valence-corrected chi connectivity index (χ3v) is 5.34. The number of quaternary nitrogens is 1. The predicted octanol–water partition coefficient (Wildman–Crippen LogP) is 2.67. The van der Waals surface area contributed by atoms with E-state index in [9.17, 15) is 5.11 Å². The Bertz CT molecular complexity index is 936. The Labute approximate surface area is 160 Å². The highest BCUT2D eigenvalue weighted by Gasteiger charge is 2.20. The summed E-state index contributed by atoms with van der Waals surface area (Å²) in [4.78, 5) is 1.61. The van der Waals surface area contributed by atoms with E-state index in [2.05, 4.69) is 47.5 Å². The van der Waals surface area contributed by atoms with Crippen LogP contribution < -0.4 is 4.90 Å². The van der Waals surface area contributed by atoms with E-state index in [0.29, 0.717) is 0 Å². The number of nitrogens with zero attached hydrogens (tertiary/aromatic N) is 2. The molecule has 0 bridgehead atoms. The number of phenolic OH excluding ortho intramolecular Hbond substituents is 1. The Kier molecular flexibility index (Phi) is 5.07. The molecule has 0 radical (unpaired) electrons. The first-order valence-corrected chi connectivity index (χ1v) is 9.59. The number of hydrogen-bond donors (Lipinski definition) is 2. The largest absolute Gasteiger partial charge is 0.508 e. The monoisotopic (exact) mass is 360 g/mol. The van der Waals surface area contributed by atoms with Gasteiger partial charge in [0.1, 0.15) is 12.3 Å². The molecule has 2 N–H and O–H groups in total. The third kappa shape index (κ3) is 4.12. The van der Waals surface area contributed by atoms with Gasteiger partial charge in [0.15, 0.2) is 0 Å². The van der Waals surface area contributed by atoms with E-state index in [1.807, 2.05) is 19.1 Å². The second-order valence-corrected chi connectivity index (χ2v) is 7.25. The average molecular weight is 360 g/mol. The fraction of sp³-hybridized carbons (Fsp3) is 0.261. The van der Waals surface area contributed by atoms with E-state index in [1.54, 1.807) is 17.0 Å². The molecule has 1 fully saturated rings. The van der Waals surface area contributed by atoms with Crippen LogP contribution in [0.25, 0.3) is 10.8 Å². The van der Waals surface area contributed by atoms with Gasteiger partial charge in [-0.25, -0.2) is 0 Å². The minimum Gasteiger partial charge on any atom is -0.508 e. The zero-order chi connectivity index (χ0) is 18.6. The zero-order valence-corrected chi connectivity index (χ0v) is 15.7. The highest BCUT2D eigenvalue weighted by molar-refractivity contribution is 5.98. The fourth-order valence-corrected chi connectivity index (χ4v) is 3.78. The van der Waals surface area contributed by atoms with Crippen molar-refractivity contribution in [1.29, 1.82) is 0 Å². The summed E-state index contributed by atoms with van der Waals surface area (Å²) in [6, 6.07) is 22.5. The molecule has 1 heterocycles. The molecule has 1 saturated heterocycles. The van der Waals surface area contributed by atoms with Gasteiger partial charge in [-0.3, -0.25) is 5.01 Å². The molecule has 0 spiro atoms. The molecule has 3 aromatic carbocycles.